The lowest BCUT2D eigenvalue weighted by atomic mass is 10.0. The highest BCUT2D eigenvalue weighted by atomic mass is 35.5. The average molecular weight is 384 g/mol. The van der Waals surface area contributed by atoms with Gasteiger partial charge in [0.2, 0.25) is 5.89 Å². The third-order valence-corrected chi connectivity index (χ3v) is 4.76. The van der Waals surface area contributed by atoms with Crippen molar-refractivity contribution in [3.05, 3.63) is 68.8 Å². The van der Waals surface area contributed by atoms with Crippen molar-refractivity contribution < 1.29 is 4.52 Å². The van der Waals surface area contributed by atoms with Crippen molar-refractivity contribution in [1.82, 2.24) is 24.9 Å². The Morgan fingerprint density at radius 2 is 1.96 bits per heavy atom. The van der Waals surface area contributed by atoms with E-state index in [9.17, 15) is 4.79 Å². The summed E-state index contributed by atoms with van der Waals surface area (Å²) in [6.07, 6.45) is 3.96. The third kappa shape index (κ3) is 3.38. The van der Waals surface area contributed by atoms with Crippen LogP contribution < -0.4 is 5.56 Å². The molecule has 0 radical (unpaired) electrons. The van der Waals surface area contributed by atoms with Gasteiger partial charge in [-0.3, -0.25) is 4.79 Å². The number of hydrogen-bond donors (Lipinski definition) is 1. The Morgan fingerprint density at radius 3 is 2.67 bits per heavy atom. The van der Waals surface area contributed by atoms with Crippen LogP contribution in [-0.4, -0.2) is 24.9 Å². The van der Waals surface area contributed by atoms with E-state index in [1.54, 1.807) is 37.4 Å². The summed E-state index contributed by atoms with van der Waals surface area (Å²) in [5, 5.41) is 9.01. The standard InChI is InChI=1S/C19H18ClN5O2/c1-11-15(4-3-5-17-22-12(2)24-27-17)18-16(10-21-11)19(26)25(23-18)14-8-6-13(20)7-9-14/h6-10,21H,3-5H2,1-2H3. The van der Waals surface area contributed by atoms with Crippen molar-refractivity contribution in [3.8, 4) is 16.9 Å². The molecule has 3 heterocycles. The first-order valence-electron chi connectivity index (χ1n) is 8.68. The molecule has 0 bridgehead atoms. The third-order valence-electron chi connectivity index (χ3n) is 4.51. The SMILES string of the molecule is Cc1noc(CCCc2c3nn(-c4ccc(Cl)cc4)c(=O)c-3c[nH]c2C)n1. The van der Waals surface area contributed by atoms with Crippen molar-refractivity contribution in [2.45, 2.75) is 33.1 Å². The minimum absolute atomic E-state index is 0.155. The van der Waals surface area contributed by atoms with Crippen molar-refractivity contribution in [1.29, 1.82) is 0 Å². The summed E-state index contributed by atoms with van der Waals surface area (Å²) in [6, 6.07) is 7.05. The molecule has 8 heteroatoms. The molecule has 0 spiro atoms. The Kier molecular flexibility index (Phi) is 4.53. The van der Waals surface area contributed by atoms with Gasteiger partial charge in [-0.15, -0.1) is 0 Å². The first-order valence-corrected chi connectivity index (χ1v) is 9.06. The Bertz CT molecular complexity index is 1110. The number of hydrogen-bond acceptors (Lipinski definition) is 5. The lowest BCUT2D eigenvalue weighted by molar-refractivity contribution is 0.372. The van der Waals surface area contributed by atoms with Crippen LogP contribution in [0.4, 0.5) is 0 Å². The van der Waals surface area contributed by atoms with E-state index in [2.05, 4.69) is 20.2 Å². The van der Waals surface area contributed by atoms with Gasteiger partial charge in [0.15, 0.2) is 5.82 Å². The quantitative estimate of drug-likeness (QED) is 0.569. The number of rotatable bonds is 5. The lowest BCUT2D eigenvalue weighted by Gasteiger charge is -2.08. The van der Waals surface area contributed by atoms with Crippen LogP contribution in [-0.2, 0) is 12.8 Å². The molecule has 0 aliphatic carbocycles. The number of pyridine rings is 1. The summed E-state index contributed by atoms with van der Waals surface area (Å²) in [5.41, 5.74) is 3.83. The average Bonchev–Trinajstić information content (AvgIpc) is 3.21. The highest BCUT2D eigenvalue weighted by Gasteiger charge is 2.21. The zero-order valence-electron chi connectivity index (χ0n) is 15.0. The Balaban J connectivity index is 1.66. The van der Waals surface area contributed by atoms with Crippen molar-refractivity contribution in [2.75, 3.05) is 0 Å². The number of nitrogens with one attached hydrogen (secondary N) is 1. The first-order chi connectivity index (χ1) is 13.0. The molecule has 2 aliphatic rings. The van der Waals surface area contributed by atoms with Crippen molar-refractivity contribution in [3.63, 3.8) is 0 Å². The number of nitrogens with zero attached hydrogens (tertiary/aromatic N) is 4. The van der Waals surface area contributed by atoms with Gasteiger partial charge in [-0.25, -0.2) is 0 Å². The molecular formula is C19H18ClN5O2. The van der Waals surface area contributed by atoms with E-state index in [4.69, 9.17) is 16.1 Å². The van der Waals surface area contributed by atoms with Crippen LogP contribution >= 0.6 is 11.6 Å². The predicted molar refractivity (Wildman–Crippen MR) is 102 cm³/mol. The van der Waals surface area contributed by atoms with E-state index in [1.165, 1.54) is 4.68 Å². The summed E-state index contributed by atoms with van der Waals surface area (Å²) in [4.78, 5) is 20.2. The van der Waals surface area contributed by atoms with Gasteiger partial charge < -0.3 is 9.51 Å². The molecule has 1 aromatic carbocycles. The van der Waals surface area contributed by atoms with E-state index in [0.717, 1.165) is 24.1 Å². The normalized spacial score (nSPS) is 11.4. The minimum atomic E-state index is -0.155. The van der Waals surface area contributed by atoms with Gasteiger partial charge in [-0.1, -0.05) is 16.8 Å². The Labute approximate surface area is 160 Å². The predicted octanol–water partition coefficient (Wildman–Crippen LogP) is 3.49. The fraction of sp³-hybridized carbons (Fsp3) is 0.263. The van der Waals surface area contributed by atoms with Gasteiger partial charge in [-0.2, -0.15) is 14.8 Å². The van der Waals surface area contributed by atoms with Crippen LogP contribution in [0.3, 0.4) is 0 Å². The monoisotopic (exact) mass is 383 g/mol. The molecule has 4 rings (SSSR count). The molecule has 138 valence electrons. The van der Waals surface area contributed by atoms with Gasteiger partial charge in [0.25, 0.3) is 5.56 Å². The topological polar surface area (TPSA) is 89.6 Å². The molecule has 1 aromatic heterocycles. The largest absolute Gasteiger partial charge is 0.364 e. The second kappa shape index (κ2) is 7.00. The molecule has 0 amide bonds. The Hall–Kier alpha value is -2.93. The number of aryl methyl sites for hydroxylation is 3. The maximum Gasteiger partial charge on any atom is 0.282 e. The second-order valence-corrected chi connectivity index (χ2v) is 6.87. The van der Waals surface area contributed by atoms with Crippen LogP contribution in [0.2, 0.25) is 5.02 Å². The van der Waals surface area contributed by atoms with Crippen molar-refractivity contribution >= 4 is 11.6 Å². The molecule has 7 nitrogen and oxygen atoms in total. The zero-order valence-corrected chi connectivity index (χ0v) is 15.7. The number of H-pyrrole nitrogens is 1. The van der Waals surface area contributed by atoms with Gasteiger partial charge in [0.05, 0.1) is 11.3 Å². The van der Waals surface area contributed by atoms with Gasteiger partial charge in [0, 0.05) is 23.3 Å². The van der Waals surface area contributed by atoms with Crippen molar-refractivity contribution in [2.24, 2.45) is 0 Å². The lowest BCUT2D eigenvalue weighted by Crippen LogP contribution is -2.14. The van der Waals surface area contributed by atoms with E-state index in [1.807, 2.05) is 6.92 Å². The van der Waals surface area contributed by atoms with Gasteiger partial charge in [0.1, 0.15) is 5.69 Å². The van der Waals surface area contributed by atoms with E-state index < -0.39 is 0 Å². The fourth-order valence-corrected chi connectivity index (χ4v) is 3.26. The van der Waals surface area contributed by atoms with E-state index >= 15 is 0 Å². The molecule has 2 aliphatic heterocycles. The molecule has 0 atom stereocenters. The first kappa shape index (κ1) is 17.5. The molecule has 27 heavy (non-hydrogen) atoms. The fourth-order valence-electron chi connectivity index (χ4n) is 3.13. The van der Waals surface area contributed by atoms with Gasteiger partial charge >= 0.3 is 0 Å². The molecule has 2 aromatic rings. The highest BCUT2D eigenvalue weighted by Crippen LogP contribution is 2.25. The molecule has 0 fully saturated rings. The number of fused-ring (bicyclic) bond motifs is 1. The maximum absolute atomic E-state index is 12.8. The summed E-state index contributed by atoms with van der Waals surface area (Å²) < 4.78 is 6.58. The molecule has 0 unspecified atom stereocenters. The van der Waals surface area contributed by atoms with E-state index in [-0.39, 0.29) is 5.56 Å². The van der Waals surface area contributed by atoms with Crippen LogP contribution in [0.25, 0.3) is 16.9 Å². The summed E-state index contributed by atoms with van der Waals surface area (Å²) in [5.74, 6) is 1.26. The number of benzene rings is 1. The number of aromatic amines is 1. The molecular weight excluding hydrogens is 366 g/mol. The van der Waals surface area contributed by atoms with Crippen LogP contribution in [0.15, 0.2) is 39.8 Å². The van der Waals surface area contributed by atoms with Gasteiger partial charge in [-0.05, 0) is 56.5 Å². The summed E-state index contributed by atoms with van der Waals surface area (Å²) >= 11 is 5.94. The molecule has 0 saturated carbocycles. The molecule has 0 saturated heterocycles. The second-order valence-electron chi connectivity index (χ2n) is 6.44. The van der Waals surface area contributed by atoms with E-state index in [0.29, 0.717) is 40.1 Å². The zero-order chi connectivity index (χ0) is 19.0. The van der Waals surface area contributed by atoms with Crippen LogP contribution in [0, 0.1) is 13.8 Å². The molecule has 1 N–H and O–H groups in total. The number of aromatic nitrogens is 5. The minimum Gasteiger partial charge on any atom is -0.364 e. The Morgan fingerprint density at radius 1 is 1.19 bits per heavy atom. The highest BCUT2D eigenvalue weighted by molar-refractivity contribution is 6.30. The summed E-state index contributed by atoms with van der Waals surface area (Å²) in [6.45, 7) is 3.78. The van der Waals surface area contributed by atoms with Crippen LogP contribution in [0.5, 0.6) is 0 Å². The number of halogens is 1. The maximum atomic E-state index is 12.8. The van der Waals surface area contributed by atoms with Crippen LogP contribution in [0.1, 0.15) is 29.4 Å². The summed E-state index contributed by atoms with van der Waals surface area (Å²) in [7, 11) is 0. The smallest absolute Gasteiger partial charge is 0.282 e.